The first kappa shape index (κ1) is 13.2. The van der Waals surface area contributed by atoms with E-state index in [9.17, 15) is 0 Å². The lowest BCUT2D eigenvalue weighted by Crippen LogP contribution is -2.01. The average molecular weight is 280 g/mol. The molecule has 0 amide bonds. The Kier molecular flexibility index (Phi) is 4.44. The topological polar surface area (TPSA) is 30.7 Å². The van der Waals surface area contributed by atoms with Crippen molar-refractivity contribution in [1.82, 2.24) is 14.8 Å². The van der Waals surface area contributed by atoms with Crippen molar-refractivity contribution in [2.45, 2.75) is 19.0 Å². The van der Waals surface area contributed by atoms with Gasteiger partial charge in [0.25, 0.3) is 0 Å². The molecule has 1 aromatic carbocycles. The van der Waals surface area contributed by atoms with E-state index in [-0.39, 0.29) is 0 Å². The summed E-state index contributed by atoms with van der Waals surface area (Å²) in [5.74, 6) is 1.68. The summed E-state index contributed by atoms with van der Waals surface area (Å²) in [4.78, 5) is 0. The zero-order valence-electron chi connectivity index (χ0n) is 10.3. The summed E-state index contributed by atoms with van der Waals surface area (Å²) in [6.45, 7) is 4.04. The van der Waals surface area contributed by atoms with E-state index in [0.29, 0.717) is 0 Å². The van der Waals surface area contributed by atoms with Gasteiger partial charge in [-0.1, -0.05) is 47.6 Å². The maximum Gasteiger partial charge on any atom is 0.196 e. The van der Waals surface area contributed by atoms with E-state index in [1.165, 1.54) is 11.1 Å². The van der Waals surface area contributed by atoms with Crippen LogP contribution in [-0.2, 0) is 0 Å². The van der Waals surface area contributed by atoms with Crippen molar-refractivity contribution in [3.63, 3.8) is 0 Å². The van der Waals surface area contributed by atoms with Crippen LogP contribution in [0.25, 0.3) is 5.69 Å². The van der Waals surface area contributed by atoms with E-state index in [1.54, 1.807) is 11.8 Å². The van der Waals surface area contributed by atoms with Gasteiger partial charge in [-0.25, -0.2) is 0 Å². The largest absolute Gasteiger partial charge is 0.274 e. The highest BCUT2D eigenvalue weighted by molar-refractivity contribution is 7.99. The quantitative estimate of drug-likeness (QED) is 0.799. The Morgan fingerprint density at radius 1 is 1.28 bits per heavy atom. The normalized spacial score (nSPS) is 11.3. The first-order valence-electron chi connectivity index (χ1n) is 5.60. The third kappa shape index (κ3) is 2.76. The van der Waals surface area contributed by atoms with Crippen LogP contribution in [0.15, 0.2) is 41.0 Å². The molecule has 0 fully saturated rings. The van der Waals surface area contributed by atoms with Crippen LogP contribution in [0.4, 0.5) is 0 Å². The van der Waals surface area contributed by atoms with Crippen molar-refractivity contribution in [2.75, 3.05) is 5.75 Å². The lowest BCUT2D eigenvalue weighted by atomic mass is 10.2. The predicted molar refractivity (Wildman–Crippen MR) is 76.6 cm³/mol. The van der Waals surface area contributed by atoms with Gasteiger partial charge >= 0.3 is 0 Å². The lowest BCUT2D eigenvalue weighted by Gasteiger charge is -2.10. The molecule has 18 heavy (non-hydrogen) atoms. The minimum absolute atomic E-state index is 0.785. The summed E-state index contributed by atoms with van der Waals surface area (Å²) in [6.07, 6.45) is 1.89. The second kappa shape index (κ2) is 6.07. The Bertz CT molecular complexity index is 563. The summed E-state index contributed by atoms with van der Waals surface area (Å²) >= 11 is 7.13. The molecule has 1 heterocycles. The molecule has 0 radical (unpaired) electrons. The second-order valence-electron chi connectivity index (χ2n) is 3.82. The van der Waals surface area contributed by atoms with Gasteiger partial charge < -0.3 is 0 Å². The van der Waals surface area contributed by atoms with E-state index in [0.717, 1.165) is 22.4 Å². The number of hydrogen-bond donors (Lipinski definition) is 0. The molecule has 0 saturated heterocycles. The fourth-order valence-electron chi connectivity index (χ4n) is 1.69. The number of rotatable bonds is 4. The molecule has 0 atom stereocenters. The van der Waals surface area contributed by atoms with E-state index >= 15 is 0 Å². The Labute approximate surface area is 116 Å². The van der Waals surface area contributed by atoms with Gasteiger partial charge in [0.15, 0.2) is 5.16 Å². The molecule has 0 aliphatic heterocycles. The average Bonchev–Trinajstić information content (AvgIpc) is 2.72. The molecule has 0 aliphatic rings. The Morgan fingerprint density at radius 2 is 2.06 bits per heavy atom. The van der Waals surface area contributed by atoms with Gasteiger partial charge in [0.1, 0.15) is 5.82 Å². The van der Waals surface area contributed by atoms with Gasteiger partial charge in [0.2, 0.25) is 0 Å². The van der Waals surface area contributed by atoms with E-state index in [1.807, 2.05) is 25.1 Å². The van der Waals surface area contributed by atoms with Gasteiger partial charge in [-0.3, -0.25) is 4.57 Å². The standard InChI is InChI=1S/C13H14ClN3S/c1-10-6-3-4-7-12(10)17-11(2)15-16-13(17)18-9-5-8-14/h3-8H,9H2,1-2H3. The summed E-state index contributed by atoms with van der Waals surface area (Å²) in [5, 5.41) is 9.24. The lowest BCUT2D eigenvalue weighted by molar-refractivity contribution is 0.863. The smallest absolute Gasteiger partial charge is 0.196 e. The van der Waals surface area contributed by atoms with Gasteiger partial charge in [0.05, 0.1) is 5.69 Å². The number of benzene rings is 1. The molecule has 5 heteroatoms. The van der Waals surface area contributed by atoms with Crippen molar-refractivity contribution < 1.29 is 0 Å². The van der Waals surface area contributed by atoms with Gasteiger partial charge in [-0.2, -0.15) is 0 Å². The number of aryl methyl sites for hydroxylation is 2. The van der Waals surface area contributed by atoms with E-state index in [4.69, 9.17) is 11.6 Å². The second-order valence-corrected chi connectivity index (χ2v) is 5.06. The fraction of sp³-hybridized carbons (Fsp3) is 0.231. The first-order valence-corrected chi connectivity index (χ1v) is 7.02. The fourth-order valence-corrected chi connectivity index (χ4v) is 2.68. The molecule has 0 saturated carbocycles. The third-order valence-electron chi connectivity index (χ3n) is 2.55. The van der Waals surface area contributed by atoms with Crippen LogP contribution in [0.2, 0.25) is 0 Å². The molecule has 0 unspecified atom stereocenters. The zero-order valence-corrected chi connectivity index (χ0v) is 11.9. The SMILES string of the molecule is Cc1ccccc1-n1c(C)nnc1SCC=CCl. The highest BCUT2D eigenvalue weighted by Crippen LogP contribution is 2.23. The van der Waals surface area contributed by atoms with Gasteiger partial charge in [0, 0.05) is 11.3 Å². The maximum atomic E-state index is 5.52. The zero-order chi connectivity index (χ0) is 13.0. The van der Waals surface area contributed by atoms with Crippen molar-refractivity contribution in [1.29, 1.82) is 0 Å². The molecule has 0 N–H and O–H groups in total. The molecular weight excluding hydrogens is 266 g/mol. The van der Waals surface area contributed by atoms with Crippen LogP contribution >= 0.6 is 23.4 Å². The summed E-state index contributed by atoms with van der Waals surface area (Å²) in [5.41, 5.74) is 3.85. The van der Waals surface area contributed by atoms with Gasteiger partial charge in [-0.05, 0) is 25.5 Å². The number of para-hydroxylation sites is 1. The Balaban J connectivity index is 2.38. The summed E-state index contributed by atoms with van der Waals surface area (Å²) < 4.78 is 2.07. The van der Waals surface area contributed by atoms with E-state index in [2.05, 4.69) is 33.8 Å². The maximum absolute atomic E-state index is 5.52. The number of aromatic nitrogens is 3. The van der Waals surface area contributed by atoms with Crippen LogP contribution in [0.1, 0.15) is 11.4 Å². The molecule has 2 rings (SSSR count). The first-order chi connectivity index (χ1) is 8.74. The molecule has 0 aliphatic carbocycles. The highest BCUT2D eigenvalue weighted by Gasteiger charge is 2.11. The van der Waals surface area contributed by atoms with Crippen LogP contribution < -0.4 is 0 Å². The monoisotopic (exact) mass is 279 g/mol. The van der Waals surface area contributed by atoms with Crippen LogP contribution in [-0.4, -0.2) is 20.5 Å². The molecule has 1 aromatic heterocycles. The van der Waals surface area contributed by atoms with Crippen LogP contribution in [0, 0.1) is 13.8 Å². The number of thioether (sulfide) groups is 1. The van der Waals surface area contributed by atoms with Crippen molar-refractivity contribution in [2.24, 2.45) is 0 Å². The van der Waals surface area contributed by atoms with Crippen molar-refractivity contribution in [3.8, 4) is 5.69 Å². The number of hydrogen-bond acceptors (Lipinski definition) is 3. The minimum atomic E-state index is 0.785. The molecule has 2 aromatic rings. The highest BCUT2D eigenvalue weighted by atomic mass is 35.5. The third-order valence-corrected chi connectivity index (χ3v) is 3.61. The minimum Gasteiger partial charge on any atom is -0.274 e. The van der Waals surface area contributed by atoms with Crippen LogP contribution in [0.5, 0.6) is 0 Å². The van der Waals surface area contributed by atoms with Crippen LogP contribution in [0.3, 0.4) is 0 Å². The van der Waals surface area contributed by atoms with Gasteiger partial charge in [-0.15, -0.1) is 10.2 Å². The molecule has 3 nitrogen and oxygen atoms in total. The Morgan fingerprint density at radius 3 is 2.78 bits per heavy atom. The summed E-state index contributed by atoms with van der Waals surface area (Å²) in [6, 6.07) is 8.21. The molecule has 0 spiro atoms. The predicted octanol–water partition coefficient (Wildman–Crippen LogP) is 3.73. The molecular formula is C13H14ClN3S. The Hall–Kier alpha value is -1.26. The number of halogens is 1. The molecule has 94 valence electrons. The summed E-state index contributed by atoms with van der Waals surface area (Å²) in [7, 11) is 0. The van der Waals surface area contributed by atoms with E-state index < -0.39 is 0 Å². The number of nitrogens with zero attached hydrogens (tertiary/aromatic N) is 3. The van der Waals surface area contributed by atoms with Crippen molar-refractivity contribution in [3.05, 3.63) is 47.3 Å². The molecule has 0 bridgehead atoms. The van der Waals surface area contributed by atoms with Crippen molar-refractivity contribution >= 4 is 23.4 Å².